The predicted molar refractivity (Wildman–Crippen MR) is 65.8 cm³/mol. The molecule has 1 unspecified atom stereocenters. The van der Waals surface area contributed by atoms with Crippen molar-refractivity contribution < 1.29 is 4.74 Å². The van der Waals surface area contributed by atoms with E-state index in [9.17, 15) is 0 Å². The molecule has 2 aliphatic rings. The average Bonchev–Trinajstić information content (AvgIpc) is 2.89. The van der Waals surface area contributed by atoms with Crippen molar-refractivity contribution in [2.24, 2.45) is 7.05 Å². The van der Waals surface area contributed by atoms with Gasteiger partial charge >= 0.3 is 0 Å². The topological polar surface area (TPSA) is 39.1 Å². The fourth-order valence-corrected chi connectivity index (χ4v) is 3.23. The number of imidazole rings is 1. The fourth-order valence-electron chi connectivity index (χ4n) is 3.23. The zero-order valence-corrected chi connectivity index (χ0v) is 10.7. The molecule has 1 aromatic heterocycles. The Labute approximate surface area is 102 Å². The molecule has 3 rings (SSSR count). The number of nitrogens with one attached hydrogen (secondary N) is 1. The van der Waals surface area contributed by atoms with Gasteiger partial charge in [0.15, 0.2) is 0 Å². The standard InChI is InChI=1S/C13H21N3O/c1-10-15-11(9-16(10)2)12-13(5-3-4-6-13)17-8-7-14-12/h9,12,14H,3-8H2,1-2H3. The number of aromatic nitrogens is 2. The molecule has 0 bridgehead atoms. The molecule has 4 heteroatoms. The first-order valence-electron chi connectivity index (χ1n) is 6.58. The molecule has 2 heterocycles. The summed E-state index contributed by atoms with van der Waals surface area (Å²) in [5.41, 5.74) is 1.16. The van der Waals surface area contributed by atoms with E-state index in [2.05, 4.69) is 35.0 Å². The van der Waals surface area contributed by atoms with Gasteiger partial charge in [0.1, 0.15) is 5.82 Å². The zero-order valence-electron chi connectivity index (χ0n) is 10.7. The summed E-state index contributed by atoms with van der Waals surface area (Å²) in [6.07, 6.45) is 7.04. The van der Waals surface area contributed by atoms with Gasteiger partial charge in [0, 0.05) is 19.8 Å². The van der Waals surface area contributed by atoms with Crippen LogP contribution in [0.4, 0.5) is 0 Å². The van der Waals surface area contributed by atoms with Crippen LogP contribution in [0.25, 0.3) is 0 Å². The van der Waals surface area contributed by atoms with E-state index >= 15 is 0 Å². The number of nitrogens with zero attached hydrogens (tertiary/aromatic N) is 2. The summed E-state index contributed by atoms with van der Waals surface area (Å²) in [4.78, 5) is 4.67. The lowest BCUT2D eigenvalue weighted by Crippen LogP contribution is -2.50. The Morgan fingerprint density at radius 3 is 2.88 bits per heavy atom. The minimum absolute atomic E-state index is 0.0129. The second-order valence-corrected chi connectivity index (χ2v) is 5.33. The third kappa shape index (κ3) is 1.79. The smallest absolute Gasteiger partial charge is 0.105 e. The summed E-state index contributed by atoms with van der Waals surface area (Å²) in [6, 6.07) is 0.277. The molecule has 1 aliphatic carbocycles. The molecular formula is C13H21N3O. The molecule has 1 atom stereocenters. The van der Waals surface area contributed by atoms with Crippen molar-refractivity contribution in [1.82, 2.24) is 14.9 Å². The molecule has 0 radical (unpaired) electrons. The molecular weight excluding hydrogens is 214 g/mol. The number of ether oxygens (including phenoxy) is 1. The van der Waals surface area contributed by atoms with Crippen LogP contribution < -0.4 is 5.32 Å². The van der Waals surface area contributed by atoms with Crippen LogP contribution in [0.2, 0.25) is 0 Å². The van der Waals surface area contributed by atoms with E-state index in [0.717, 1.165) is 24.7 Å². The Balaban J connectivity index is 1.93. The molecule has 1 saturated carbocycles. The van der Waals surface area contributed by atoms with Crippen LogP contribution in [0.15, 0.2) is 6.20 Å². The first-order chi connectivity index (χ1) is 8.21. The van der Waals surface area contributed by atoms with Crippen molar-refractivity contribution in [3.05, 3.63) is 17.7 Å². The Hall–Kier alpha value is -0.870. The van der Waals surface area contributed by atoms with Gasteiger partial charge in [0.2, 0.25) is 0 Å². The highest BCUT2D eigenvalue weighted by Crippen LogP contribution is 2.43. The van der Waals surface area contributed by atoms with Crippen molar-refractivity contribution in [3.8, 4) is 0 Å². The molecule has 1 aliphatic heterocycles. The maximum atomic E-state index is 6.13. The van der Waals surface area contributed by atoms with Gasteiger partial charge in [-0.3, -0.25) is 0 Å². The van der Waals surface area contributed by atoms with Crippen LogP contribution in [0.5, 0.6) is 0 Å². The third-order valence-electron chi connectivity index (χ3n) is 4.24. The summed E-state index contributed by atoms with van der Waals surface area (Å²) in [6.45, 7) is 3.82. The maximum Gasteiger partial charge on any atom is 0.105 e. The highest BCUT2D eigenvalue weighted by atomic mass is 16.5. The molecule has 17 heavy (non-hydrogen) atoms. The lowest BCUT2D eigenvalue weighted by atomic mass is 9.88. The number of rotatable bonds is 1. The van der Waals surface area contributed by atoms with Crippen LogP contribution in [0, 0.1) is 6.92 Å². The summed E-state index contributed by atoms with van der Waals surface area (Å²) in [7, 11) is 2.05. The Morgan fingerprint density at radius 2 is 2.24 bits per heavy atom. The van der Waals surface area contributed by atoms with Gasteiger partial charge in [0.25, 0.3) is 0 Å². The lowest BCUT2D eigenvalue weighted by molar-refractivity contribution is -0.0944. The lowest BCUT2D eigenvalue weighted by Gasteiger charge is -2.41. The molecule has 1 aromatic rings. The number of aryl methyl sites for hydroxylation is 2. The van der Waals surface area contributed by atoms with E-state index in [0.29, 0.717) is 0 Å². The molecule has 1 N–H and O–H groups in total. The van der Waals surface area contributed by atoms with Crippen LogP contribution >= 0.6 is 0 Å². The largest absolute Gasteiger partial charge is 0.372 e. The molecule has 4 nitrogen and oxygen atoms in total. The maximum absolute atomic E-state index is 6.13. The summed E-state index contributed by atoms with van der Waals surface area (Å²) in [5, 5.41) is 3.61. The van der Waals surface area contributed by atoms with E-state index in [4.69, 9.17) is 4.74 Å². The van der Waals surface area contributed by atoms with Crippen molar-refractivity contribution in [3.63, 3.8) is 0 Å². The van der Waals surface area contributed by atoms with Gasteiger partial charge in [-0.05, 0) is 19.8 Å². The second kappa shape index (κ2) is 4.10. The van der Waals surface area contributed by atoms with E-state index in [1.807, 2.05) is 0 Å². The molecule has 0 amide bonds. The van der Waals surface area contributed by atoms with E-state index < -0.39 is 0 Å². The fraction of sp³-hybridized carbons (Fsp3) is 0.769. The highest BCUT2D eigenvalue weighted by molar-refractivity contribution is 5.16. The van der Waals surface area contributed by atoms with Crippen molar-refractivity contribution in [1.29, 1.82) is 0 Å². The molecule has 94 valence electrons. The van der Waals surface area contributed by atoms with Gasteiger partial charge in [0.05, 0.1) is 23.9 Å². The first kappa shape index (κ1) is 11.2. The monoisotopic (exact) mass is 235 g/mol. The van der Waals surface area contributed by atoms with E-state index in [1.165, 1.54) is 25.7 Å². The van der Waals surface area contributed by atoms with Gasteiger partial charge in [-0.25, -0.2) is 4.98 Å². The Bertz CT molecular complexity index is 387. The summed E-state index contributed by atoms with van der Waals surface area (Å²) < 4.78 is 8.22. The quantitative estimate of drug-likeness (QED) is 0.805. The predicted octanol–water partition coefficient (Wildman–Crippen LogP) is 1.70. The normalized spacial score (nSPS) is 27.8. The van der Waals surface area contributed by atoms with Crippen LogP contribution in [0.1, 0.15) is 43.2 Å². The first-order valence-corrected chi connectivity index (χ1v) is 6.58. The minimum Gasteiger partial charge on any atom is -0.372 e. The number of hydrogen-bond donors (Lipinski definition) is 1. The minimum atomic E-state index is 0.0129. The van der Waals surface area contributed by atoms with Gasteiger partial charge in [-0.2, -0.15) is 0 Å². The Morgan fingerprint density at radius 1 is 1.47 bits per heavy atom. The third-order valence-corrected chi connectivity index (χ3v) is 4.24. The van der Waals surface area contributed by atoms with E-state index in [1.54, 1.807) is 0 Å². The highest BCUT2D eigenvalue weighted by Gasteiger charge is 2.45. The number of morpholine rings is 1. The van der Waals surface area contributed by atoms with Crippen molar-refractivity contribution in [2.75, 3.05) is 13.2 Å². The SMILES string of the molecule is Cc1nc(C2NCCOC23CCCC3)cn1C. The van der Waals surface area contributed by atoms with Crippen molar-refractivity contribution >= 4 is 0 Å². The molecule has 2 fully saturated rings. The van der Waals surface area contributed by atoms with Crippen LogP contribution in [-0.4, -0.2) is 28.3 Å². The molecule has 0 aromatic carbocycles. The Kier molecular flexibility index (Phi) is 2.71. The van der Waals surface area contributed by atoms with Crippen LogP contribution in [-0.2, 0) is 11.8 Å². The molecule has 1 saturated heterocycles. The second-order valence-electron chi connectivity index (χ2n) is 5.33. The summed E-state index contributed by atoms with van der Waals surface area (Å²) >= 11 is 0. The van der Waals surface area contributed by atoms with Gasteiger partial charge in [-0.15, -0.1) is 0 Å². The van der Waals surface area contributed by atoms with Gasteiger partial charge in [-0.1, -0.05) is 12.8 Å². The number of hydrogen-bond acceptors (Lipinski definition) is 3. The zero-order chi connectivity index (χ0) is 11.9. The summed E-state index contributed by atoms with van der Waals surface area (Å²) in [5.74, 6) is 1.07. The molecule has 1 spiro atoms. The van der Waals surface area contributed by atoms with E-state index in [-0.39, 0.29) is 11.6 Å². The average molecular weight is 235 g/mol. The van der Waals surface area contributed by atoms with Gasteiger partial charge < -0.3 is 14.6 Å². The van der Waals surface area contributed by atoms with Crippen LogP contribution in [0.3, 0.4) is 0 Å². The van der Waals surface area contributed by atoms with Crippen molar-refractivity contribution in [2.45, 2.75) is 44.2 Å².